The van der Waals surface area contributed by atoms with Gasteiger partial charge >= 0.3 is 11.2 Å². The Hall–Kier alpha value is -1.52. The number of fused-ring (bicyclic) bond motifs is 3. The van der Waals surface area contributed by atoms with Crippen LogP contribution in [0.5, 0.6) is 5.75 Å². The first-order chi connectivity index (χ1) is 14.3. The Morgan fingerprint density at radius 3 is 2.10 bits per heavy atom. The van der Waals surface area contributed by atoms with Gasteiger partial charge in [0, 0.05) is 27.6 Å². The number of hydrogen-bond donors (Lipinski definition) is 1. The second kappa shape index (κ2) is 8.44. The summed E-state index contributed by atoms with van der Waals surface area (Å²) < 4.78 is 84.0. The molecule has 2 aliphatic carbocycles. The van der Waals surface area contributed by atoms with Crippen molar-refractivity contribution in [3.8, 4) is 5.75 Å². The van der Waals surface area contributed by atoms with Crippen LogP contribution in [0.4, 0.5) is 17.6 Å². The average molecular weight is 481 g/mol. The highest BCUT2D eigenvalue weighted by atomic mass is 32.2. The largest absolute Gasteiger partial charge is 0.743 e. The second-order valence-corrected chi connectivity index (χ2v) is 11.8. The molecule has 3 unspecified atom stereocenters. The number of halogens is 4. The normalized spacial score (nSPS) is 23.8. The lowest BCUT2D eigenvalue weighted by molar-refractivity contribution is -0.202. The number of hydrogen-bond acceptors (Lipinski definition) is 4. The topological polar surface area (TPSA) is 77.4 Å². The van der Waals surface area contributed by atoms with Gasteiger partial charge in [-0.2, -0.15) is 17.6 Å². The predicted octanol–water partition coefficient (Wildman–Crippen LogP) is 4.98. The zero-order chi connectivity index (χ0) is 23.2. The van der Waals surface area contributed by atoms with Crippen molar-refractivity contribution in [1.82, 2.24) is 0 Å². The summed E-state index contributed by atoms with van der Waals surface area (Å²) >= 11 is 0. The minimum absolute atomic E-state index is 0.0407. The molecule has 0 spiro atoms. The Labute approximate surface area is 181 Å². The number of benzene rings is 2. The van der Waals surface area contributed by atoms with Gasteiger partial charge in [0.1, 0.15) is 18.3 Å². The van der Waals surface area contributed by atoms with Gasteiger partial charge in [0.2, 0.25) is 0 Å². The van der Waals surface area contributed by atoms with Crippen LogP contribution >= 0.6 is 0 Å². The highest BCUT2D eigenvalue weighted by molar-refractivity contribution is 7.95. The summed E-state index contributed by atoms with van der Waals surface area (Å²) in [5.41, 5.74) is 0. The molecular weight excluding hydrogens is 456 g/mol. The maximum Gasteiger partial charge on any atom is 0.396 e. The Balaban J connectivity index is 0.000000179. The minimum atomic E-state index is -6.35. The molecule has 0 aliphatic heterocycles. The molecule has 2 aromatic carbocycles. The fourth-order valence-corrected chi connectivity index (χ4v) is 6.13. The van der Waals surface area contributed by atoms with Gasteiger partial charge in [0.05, 0.1) is 0 Å². The van der Waals surface area contributed by atoms with E-state index in [1.807, 2.05) is 24.3 Å². The summed E-state index contributed by atoms with van der Waals surface area (Å²) in [5, 5.41) is 6.28. The van der Waals surface area contributed by atoms with Gasteiger partial charge < -0.3 is 9.66 Å². The summed E-state index contributed by atoms with van der Waals surface area (Å²) in [5.74, 6) is -6.73. The molecule has 4 rings (SSSR count). The number of aromatic hydroxyl groups is 1. The van der Waals surface area contributed by atoms with Gasteiger partial charge in [0.25, 0.3) is 0 Å². The molecule has 1 N–H and O–H groups in total. The lowest BCUT2D eigenvalue weighted by Crippen LogP contribution is -2.52. The van der Waals surface area contributed by atoms with E-state index in [0.717, 1.165) is 5.39 Å². The second-order valence-electron chi connectivity index (χ2n) is 8.32. The summed E-state index contributed by atoms with van der Waals surface area (Å²) in [6.07, 6.45) is 5.81. The summed E-state index contributed by atoms with van der Waals surface area (Å²) in [4.78, 5) is 1.32. The van der Waals surface area contributed by atoms with Crippen LogP contribution < -0.4 is 0 Å². The van der Waals surface area contributed by atoms with Crippen molar-refractivity contribution >= 4 is 31.8 Å². The van der Waals surface area contributed by atoms with E-state index in [1.165, 1.54) is 10.3 Å². The van der Waals surface area contributed by atoms with Gasteiger partial charge in [-0.15, -0.1) is 0 Å². The third kappa shape index (κ3) is 4.39. The van der Waals surface area contributed by atoms with Crippen LogP contribution in [0.3, 0.4) is 0 Å². The van der Waals surface area contributed by atoms with Crippen molar-refractivity contribution in [1.29, 1.82) is 0 Å². The predicted molar refractivity (Wildman–Crippen MR) is 112 cm³/mol. The molecule has 2 bridgehead atoms. The molecule has 2 saturated carbocycles. The molecular formula is C21H24F4O4S2. The standard InChI is InChI=1S/C12H12OS.C9H12F4O3S/c1-14(2)12-8-7-11(13)9-5-3-4-6-10(9)12;10-8(11,9(12,13)17(14,15)16)7-4-5-1-2-6(7)3-5/h3-8H,1-2H3;5-7H,1-4H2,(H,14,15,16). The SMILES string of the molecule is C[S+](C)c1ccc(O)c2ccccc12.O=S(=O)([O-])C(F)(F)C(F)(F)C1CC2CCC1C2. The van der Waals surface area contributed by atoms with Crippen LogP contribution in [-0.4, -0.2) is 41.8 Å². The number of rotatable bonds is 4. The zero-order valence-electron chi connectivity index (χ0n) is 17.0. The van der Waals surface area contributed by atoms with Crippen LogP contribution in [0.1, 0.15) is 25.7 Å². The lowest BCUT2D eigenvalue weighted by atomic mass is 9.84. The highest BCUT2D eigenvalue weighted by Crippen LogP contribution is 2.58. The van der Waals surface area contributed by atoms with E-state index in [-0.39, 0.29) is 23.2 Å². The summed E-state index contributed by atoms with van der Waals surface area (Å²) in [6.45, 7) is 0. The van der Waals surface area contributed by atoms with Crippen LogP contribution in [0.2, 0.25) is 0 Å². The quantitative estimate of drug-likeness (QED) is 0.381. The van der Waals surface area contributed by atoms with Crippen molar-refractivity contribution in [3.63, 3.8) is 0 Å². The monoisotopic (exact) mass is 480 g/mol. The van der Waals surface area contributed by atoms with Crippen LogP contribution in [0, 0.1) is 17.8 Å². The molecule has 0 amide bonds. The first-order valence-corrected chi connectivity index (χ1v) is 13.2. The van der Waals surface area contributed by atoms with Crippen molar-refractivity contribution in [2.45, 2.75) is 41.8 Å². The van der Waals surface area contributed by atoms with E-state index in [0.29, 0.717) is 25.0 Å². The Morgan fingerprint density at radius 2 is 1.61 bits per heavy atom. The van der Waals surface area contributed by atoms with Crippen LogP contribution in [0.25, 0.3) is 10.8 Å². The highest BCUT2D eigenvalue weighted by Gasteiger charge is 2.68. The van der Waals surface area contributed by atoms with Crippen molar-refractivity contribution in [3.05, 3.63) is 36.4 Å². The molecule has 2 aliphatic rings. The van der Waals surface area contributed by atoms with E-state index < -0.39 is 33.1 Å². The molecule has 3 atom stereocenters. The Bertz CT molecular complexity index is 1060. The van der Waals surface area contributed by atoms with E-state index in [1.54, 1.807) is 6.07 Å². The van der Waals surface area contributed by atoms with Gasteiger partial charge in [-0.1, -0.05) is 24.6 Å². The average Bonchev–Trinajstić information content (AvgIpc) is 3.31. The molecule has 31 heavy (non-hydrogen) atoms. The molecule has 2 aromatic rings. The van der Waals surface area contributed by atoms with Crippen LogP contribution in [-0.2, 0) is 21.0 Å². The third-order valence-corrected chi connectivity index (χ3v) is 8.34. The van der Waals surface area contributed by atoms with E-state index in [9.17, 15) is 35.6 Å². The van der Waals surface area contributed by atoms with E-state index in [2.05, 4.69) is 18.6 Å². The Kier molecular flexibility index (Phi) is 6.57. The van der Waals surface area contributed by atoms with Gasteiger partial charge in [-0.25, -0.2) is 8.42 Å². The van der Waals surface area contributed by atoms with E-state index in [4.69, 9.17) is 0 Å². The third-order valence-electron chi connectivity index (χ3n) is 6.21. The molecule has 4 nitrogen and oxygen atoms in total. The number of phenols is 1. The van der Waals surface area contributed by atoms with Gasteiger partial charge in [-0.05, 0) is 49.3 Å². The molecule has 0 aromatic heterocycles. The fourth-order valence-electron chi connectivity index (χ4n) is 4.68. The molecule has 0 radical (unpaired) electrons. The Morgan fingerprint density at radius 1 is 1.00 bits per heavy atom. The molecule has 2 fully saturated rings. The maximum absolute atomic E-state index is 13.5. The first kappa shape index (κ1) is 24.1. The lowest BCUT2D eigenvalue weighted by Gasteiger charge is -2.36. The van der Waals surface area contributed by atoms with Gasteiger partial charge in [0.15, 0.2) is 15.0 Å². The molecule has 0 saturated heterocycles. The van der Waals surface area contributed by atoms with Crippen LogP contribution in [0.15, 0.2) is 41.3 Å². The minimum Gasteiger partial charge on any atom is -0.743 e. The van der Waals surface area contributed by atoms with E-state index >= 15 is 0 Å². The summed E-state index contributed by atoms with van der Waals surface area (Å²) in [6, 6.07) is 11.8. The molecule has 172 valence electrons. The van der Waals surface area contributed by atoms with Crippen molar-refractivity contribution in [2.75, 3.05) is 12.5 Å². The smallest absolute Gasteiger partial charge is 0.396 e. The zero-order valence-corrected chi connectivity index (χ0v) is 18.7. The molecule has 0 heterocycles. The molecule has 10 heteroatoms. The van der Waals surface area contributed by atoms with Crippen molar-refractivity contribution < 1.29 is 35.6 Å². The fraction of sp³-hybridized carbons (Fsp3) is 0.524. The number of alkyl halides is 4. The first-order valence-electron chi connectivity index (χ1n) is 9.76. The van der Waals surface area contributed by atoms with Gasteiger partial charge in [-0.3, -0.25) is 0 Å². The summed E-state index contributed by atoms with van der Waals surface area (Å²) in [7, 11) is -6.12. The number of phenolic OH excluding ortho intramolecular Hbond substituents is 1. The van der Waals surface area contributed by atoms with Crippen molar-refractivity contribution in [2.24, 2.45) is 17.8 Å². The maximum atomic E-state index is 13.5.